The molecule has 0 aromatic heterocycles. The van der Waals surface area contributed by atoms with Gasteiger partial charge in [0.05, 0.1) is 19.8 Å². The van der Waals surface area contributed by atoms with E-state index >= 15 is 0 Å². The minimum atomic E-state index is -0.260. The van der Waals surface area contributed by atoms with Crippen molar-refractivity contribution in [2.75, 3.05) is 32.1 Å². The quantitative estimate of drug-likeness (QED) is 0.608. The van der Waals surface area contributed by atoms with Crippen LogP contribution >= 0.6 is 11.6 Å². The summed E-state index contributed by atoms with van der Waals surface area (Å²) in [4.78, 5) is 25.6. The molecule has 0 fully saturated rings. The van der Waals surface area contributed by atoms with E-state index in [2.05, 4.69) is 5.32 Å². The molecule has 0 unspecified atom stereocenters. The maximum Gasteiger partial charge on any atom is 0.243 e. The van der Waals surface area contributed by atoms with Gasteiger partial charge >= 0.3 is 0 Å². The van der Waals surface area contributed by atoms with Crippen LogP contribution in [0.1, 0.15) is 19.8 Å². The third-order valence-corrected chi connectivity index (χ3v) is 4.12. The molecule has 0 bridgehead atoms. The lowest BCUT2D eigenvalue weighted by Gasteiger charge is -2.17. The van der Waals surface area contributed by atoms with E-state index in [-0.39, 0.29) is 18.4 Å². The average Bonchev–Trinajstić information content (AvgIpc) is 2.68. The zero-order valence-electron chi connectivity index (χ0n) is 16.1. The number of nitrogens with one attached hydrogen (secondary N) is 1. The first kappa shape index (κ1) is 21.6. The van der Waals surface area contributed by atoms with Crippen LogP contribution in [0.2, 0.25) is 5.02 Å². The maximum absolute atomic E-state index is 12.2. The van der Waals surface area contributed by atoms with Crippen LogP contribution in [0.25, 0.3) is 0 Å². The number of rotatable bonds is 10. The number of hydrogen-bond donors (Lipinski definition) is 1. The number of anilines is 1. The number of carbonyl (C=O) groups is 2. The van der Waals surface area contributed by atoms with E-state index in [1.165, 1.54) is 4.90 Å². The van der Waals surface area contributed by atoms with Crippen molar-refractivity contribution in [2.45, 2.75) is 19.8 Å². The summed E-state index contributed by atoms with van der Waals surface area (Å²) in [5.41, 5.74) is 0.638. The summed E-state index contributed by atoms with van der Waals surface area (Å²) in [5.74, 6) is 1.15. The Balaban J connectivity index is 1.66. The van der Waals surface area contributed by atoms with E-state index in [9.17, 15) is 9.59 Å². The first-order valence-corrected chi connectivity index (χ1v) is 9.50. The van der Waals surface area contributed by atoms with Crippen LogP contribution in [-0.2, 0) is 9.59 Å². The fourth-order valence-electron chi connectivity index (χ4n) is 2.44. The van der Waals surface area contributed by atoms with Crippen LogP contribution in [0.15, 0.2) is 48.5 Å². The molecule has 0 atom stereocenters. The second-order valence-electron chi connectivity index (χ2n) is 6.16. The highest BCUT2D eigenvalue weighted by Gasteiger charge is 2.13. The molecule has 0 aliphatic heterocycles. The van der Waals surface area contributed by atoms with Gasteiger partial charge in [0, 0.05) is 24.2 Å². The highest BCUT2D eigenvalue weighted by atomic mass is 35.5. The molecular weight excluding hydrogens is 380 g/mol. The van der Waals surface area contributed by atoms with Gasteiger partial charge in [0.2, 0.25) is 11.8 Å². The summed E-state index contributed by atoms with van der Waals surface area (Å²) in [6.45, 7) is 2.96. The largest absolute Gasteiger partial charge is 0.494 e. The van der Waals surface area contributed by atoms with Gasteiger partial charge in [0.25, 0.3) is 0 Å². The smallest absolute Gasteiger partial charge is 0.243 e. The molecule has 6 nitrogen and oxygen atoms in total. The van der Waals surface area contributed by atoms with Gasteiger partial charge in [-0.05, 0) is 61.9 Å². The van der Waals surface area contributed by atoms with Crippen molar-refractivity contribution in [1.29, 1.82) is 0 Å². The van der Waals surface area contributed by atoms with Crippen molar-refractivity contribution in [2.24, 2.45) is 0 Å². The van der Waals surface area contributed by atoms with Crippen molar-refractivity contribution >= 4 is 29.1 Å². The Hall–Kier alpha value is -2.73. The van der Waals surface area contributed by atoms with Gasteiger partial charge < -0.3 is 19.7 Å². The van der Waals surface area contributed by atoms with Gasteiger partial charge in [-0.15, -0.1) is 0 Å². The lowest BCUT2D eigenvalue weighted by Crippen LogP contribution is -2.34. The topological polar surface area (TPSA) is 67.9 Å². The Kier molecular flexibility index (Phi) is 8.62. The third-order valence-electron chi connectivity index (χ3n) is 3.87. The Morgan fingerprint density at radius 2 is 1.61 bits per heavy atom. The molecule has 28 heavy (non-hydrogen) atoms. The summed E-state index contributed by atoms with van der Waals surface area (Å²) in [7, 11) is 1.61. The number of carbonyl (C=O) groups excluding carboxylic acids is 2. The molecular formula is C21H25ClN2O4. The zero-order valence-corrected chi connectivity index (χ0v) is 16.9. The molecule has 2 aromatic rings. The maximum atomic E-state index is 12.2. The van der Waals surface area contributed by atoms with Gasteiger partial charge in [-0.2, -0.15) is 0 Å². The predicted molar refractivity (Wildman–Crippen MR) is 110 cm³/mol. The standard InChI is InChI=1S/C21H25ClN2O4/c1-3-27-18-10-12-19(13-11-18)28-14-4-5-21(26)24(2)15-20(25)23-17-8-6-16(22)7-9-17/h6-13H,3-5,14-15H2,1-2H3,(H,23,25). The highest BCUT2D eigenvalue weighted by molar-refractivity contribution is 6.30. The van der Waals surface area contributed by atoms with Crippen molar-refractivity contribution in [3.8, 4) is 11.5 Å². The van der Waals surface area contributed by atoms with E-state index in [0.717, 1.165) is 11.5 Å². The van der Waals surface area contributed by atoms with E-state index in [0.29, 0.717) is 36.8 Å². The molecule has 150 valence electrons. The van der Waals surface area contributed by atoms with Gasteiger partial charge in [0.15, 0.2) is 0 Å². The number of benzene rings is 2. The molecule has 0 aliphatic carbocycles. The van der Waals surface area contributed by atoms with Gasteiger partial charge in [0.1, 0.15) is 11.5 Å². The summed E-state index contributed by atoms with van der Waals surface area (Å²) in [6.07, 6.45) is 0.872. The van der Waals surface area contributed by atoms with Crippen molar-refractivity contribution in [3.05, 3.63) is 53.6 Å². The minimum absolute atomic E-state index is 0.0127. The van der Waals surface area contributed by atoms with Crippen LogP contribution in [-0.4, -0.2) is 43.5 Å². The molecule has 0 saturated heterocycles. The Morgan fingerprint density at radius 3 is 2.21 bits per heavy atom. The average molecular weight is 405 g/mol. The number of hydrogen-bond acceptors (Lipinski definition) is 4. The Bertz CT molecular complexity index is 763. The first-order chi connectivity index (χ1) is 13.5. The van der Waals surface area contributed by atoms with E-state index in [4.69, 9.17) is 21.1 Å². The van der Waals surface area contributed by atoms with Crippen LogP contribution < -0.4 is 14.8 Å². The molecule has 7 heteroatoms. The van der Waals surface area contributed by atoms with Gasteiger partial charge in [-0.1, -0.05) is 11.6 Å². The van der Waals surface area contributed by atoms with Crippen molar-refractivity contribution < 1.29 is 19.1 Å². The third kappa shape index (κ3) is 7.48. The number of ether oxygens (including phenoxy) is 2. The summed E-state index contributed by atoms with van der Waals surface area (Å²) in [5, 5.41) is 3.33. The SMILES string of the molecule is CCOc1ccc(OCCCC(=O)N(C)CC(=O)Nc2ccc(Cl)cc2)cc1. The van der Waals surface area contributed by atoms with Gasteiger partial charge in [-0.3, -0.25) is 9.59 Å². The molecule has 0 heterocycles. The van der Waals surface area contributed by atoms with Crippen molar-refractivity contribution in [3.63, 3.8) is 0 Å². The number of likely N-dealkylation sites (N-methyl/N-ethyl adjacent to an activating group) is 1. The normalized spacial score (nSPS) is 10.2. The molecule has 2 amide bonds. The Labute approximate surface area is 170 Å². The summed E-state index contributed by atoms with van der Waals surface area (Å²) >= 11 is 5.81. The monoisotopic (exact) mass is 404 g/mol. The lowest BCUT2D eigenvalue weighted by molar-refractivity contribution is -0.133. The second-order valence-corrected chi connectivity index (χ2v) is 6.60. The minimum Gasteiger partial charge on any atom is -0.494 e. The molecule has 0 radical (unpaired) electrons. The molecule has 0 saturated carbocycles. The summed E-state index contributed by atoms with van der Waals surface area (Å²) in [6, 6.07) is 14.2. The first-order valence-electron chi connectivity index (χ1n) is 9.13. The van der Waals surface area contributed by atoms with Gasteiger partial charge in [-0.25, -0.2) is 0 Å². The molecule has 2 rings (SSSR count). The predicted octanol–water partition coefficient (Wildman–Crippen LogP) is 3.99. The summed E-state index contributed by atoms with van der Waals surface area (Å²) < 4.78 is 11.0. The van der Waals surface area contributed by atoms with Crippen LogP contribution in [0.4, 0.5) is 5.69 Å². The number of amides is 2. The molecule has 1 N–H and O–H groups in total. The fourth-order valence-corrected chi connectivity index (χ4v) is 2.57. The van der Waals surface area contributed by atoms with Crippen molar-refractivity contribution in [1.82, 2.24) is 4.90 Å². The van der Waals surface area contributed by atoms with E-state index in [1.807, 2.05) is 31.2 Å². The lowest BCUT2D eigenvalue weighted by atomic mass is 10.3. The van der Waals surface area contributed by atoms with E-state index < -0.39 is 0 Å². The number of halogens is 1. The highest BCUT2D eigenvalue weighted by Crippen LogP contribution is 2.18. The number of nitrogens with zero attached hydrogens (tertiary/aromatic N) is 1. The zero-order chi connectivity index (χ0) is 20.4. The molecule has 0 spiro atoms. The fraction of sp³-hybridized carbons (Fsp3) is 0.333. The molecule has 0 aliphatic rings. The van der Waals surface area contributed by atoms with Crippen LogP contribution in [0.3, 0.4) is 0 Å². The Morgan fingerprint density at radius 1 is 1.00 bits per heavy atom. The van der Waals surface area contributed by atoms with Crippen LogP contribution in [0, 0.1) is 0 Å². The van der Waals surface area contributed by atoms with Crippen LogP contribution in [0.5, 0.6) is 11.5 Å². The second kappa shape index (κ2) is 11.2. The molecule has 2 aromatic carbocycles. The van der Waals surface area contributed by atoms with E-state index in [1.54, 1.807) is 31.3 Å².